The highest BCUT2D eigenvalue weighted by Gasteiger charge is 2.27. The normalized spacial score (nSPS) is 24.3. The maximum absolute atomic E-state index is 5.32. The third-order valence-electron chi connectivity index (χ3n) is 4.23. The van der Waals surface area contributed by atoms with E-state index in [1.54, 1.807) is 0 Å². The van der Waals surface area contributed by atoms with Gasteiger partial charge in [-0.25, -0.2) is 0 Å². The monoisotopic (exact) mass is 265 g/mol. The first kappa shape index (κ1) is 14.5. The second-order valence-corrected chi connectivity index (χ2v) is 6.44. The summed E-state index contributed by atoms with van der Waals surface area (Å²) in [6.45, 7) is 9.56. The first-order valence-corrected chi connectivity index (χ1v) is 7.62. The summed E-state index contributed by atoms with van der Waals surface area (Å²) in [6, 6.07) is 0.442. The molecule has 4 heteroatoms. The lowest BCUT2D eigenvalue weighted by molar-refractivity contribution is 0.251. The molecule has 0 spiro atoms. The van der Waals surface area contributed by atoms with Gasteiger partial charge >= 0.3 is 0 Å². The quantitative estimate of drug-likeness (QED) is 0.885. The molecule has 1 fully saturated rings. The van der Waals surface area contributed by atoms with Crippen molar-refractivity contribution in [2.45, 2.75) is 71.9 Å². The maximum Gasteiger partial charge on any atom is 0.240 e. The molecule has 1 heterocycles. The van der Waals surface area contributed by atoms with Crippen LogP contribution in [-0.2, 0) is 6.54 Å². The van der Waals surface area contributed by atoms with Crippen LogP contribution in [0.3, 0.4) is 0 Å². The molecule has 1 aliphatic rings. The summed E-state index contributed by atoms with van der Waals surface area (Å²) in [5.41, 5.74) is 0. The molecule has 108 valence electrons. The van der Waals surface area contributed by atoms with Crippen LogP contribution in [0.4, 0.5) is 0 Å². The van der Waals surface area contributed by atoms with Crippen LogP contribution in [0.25, 0.3) is 0 Å². The Morgan fingerprint density at radius 2 is 1.84 bits per heavy atom. The van der Waals surface area contributed by atoms with E-state index in [-0.39, 0.29) is 0 Å². The van der Waals surface area contributed by atoms with Crippen molar-refractivity contribution < 1.29 is 4.52 Å². The van der Waals surface area contributed by atoms with E-state index in [0.717, 1.165) is 23.6 Å². The van der Waals surface area contributed by atoms with E-state index in [1.165, 1.54) is 25.7 Å². The summed E-state index contributed by atoms with van der Waals surface area (Å²) < 4.78 is 5.32. The lowest BCUT2D eigenvalue weighted by atomic mass is 9.77. The zero-order valence-corrected chi connectivity index (χ0v) is 12.6. The summed E-state index contributed by atoms with van der Waals surface area (Å²) in [6.07, 6.45) is 5.02. The Labute approximate surface area is 116 Å². The molecule has 1 saturated carbocycles. The molecule has 1 aromatic heterocycles. The second kappa shape index (κ2) is 6.51. The fraction of sp³-hybridized carbons (Fsp3) is 0.867. The van der Waals surface area contributed by atoms with Crippen molar-refractivity contribution in [3.05, 3.63) is 11.7 Å². The molecule has 1 aromatic rings. The molecule has 0 aromatic carbocycles. The van der Waals surface area contributed by atoms with Crippen molar-refractivity contribution in [2.24, 2.45) is 11.8 Å². The molecule has 0 saturated heterocycles. The van der Waals surface area contributed by atoms with Gasteiger partial charge in [-0.2, -0.15) is 4.98 Å². The first-order chi connectivity index (χ1) is 9.06. The molecule has 19 heavy (non-hydrogen) atoms. The lowest BCUT2D eigenvalue weighted by Crippen LogP contribution is -2.22. The SMILES string of the molecule is CC(C)NCc1nc(C2CCC(C(C)C)CC2)no1. The molecule has 0 unspecified atom stereocenters. The Hall–Kier alpha value is -0.900. The maximum atomic E-state index is 5.32. The number of rotatable bonds is 5. The van der Waals surface area contributed by atoms with Gasteiger partial charge in [0.25, 0.3) is 0 Å². The molecule has 1 N–H and O–H groups in total. The summed E-state index contributed by atoms with van der Waals surface area (Å²) in [5.74, 6) is 3.83. The van der Waals surface area contributed by atoms with Gasteiger partial charge in [0.05, 0.1) is 6.54 Å². The predicted octanol–water partition coefficient (Wildman–Crippen LogP) is 3.50. The number of nitrogens with one attached hydrogen (secondary N) is 1. The molecular weight excluding hydrogens is 238 g/mol. The molecule has 4 nitrogen and oxygen atoms in total. The standard InChI is InChI=1S/C15H27N3O/c1-10(2)12-5-7-13(8-6-12)15-17-14(19-18-15)9-16-11(3)4/h10-13,16H,5-9H2,1-4H3. The summed E-state index contributed by atoms with van der Waals surface area (Å²) >= 11 is 0. The number of hydrogen-bond donors (Lipinski definition) is 1. The Balaban J connectivity index is 1.86. The highest BCUT2D eigenvalue weighted by molar-refractivity contribution is 4.98. The van der Waals surface area contributed by atoms with Gasteiger partial charge in [-0.05, 0) is 37.5 Å². The third kappa shape index (κ3) is 4.03. The van der Waals surface area contributed by atoms with Crippen LogP contribution < -0.4 is 5.32 Å². The average molecular weight is 265 g/mol. The van der Waals surface area contributed by atoms with E-state index in [1.807, 2.05) is 0 Å². The molecular formula is C15H27N3O. The van der Waals surface area contributed by atoms with Gasteiger partial charge in [0, 0.05) is 12.0 Å². The minimum atomic E-state index is 0.442. The first-order valence-electron chi connectivity index (χ1n) is 7.62. The van der Waals surface area contributed by atoms with Gasteiger partial charge in [-0.15, -0.1) is 0 Å². The predicted molar refractivity (Wildman–Crippen MR) is 75.8 cm³/mol. The fourth-order valence-corrected chi connectivity index (χ4v) is 2.84. The Kier molecular flexibility index (Phi) is 4.97. The second-order valence-electron chi connectivity index (χ2n) is 6.44. The molecule has 0 aliphatic heterocycles. The average Bonchev–Trinajstić information content (AvgIpc) is 2.85. The number of hydrogen-bond acceptors (Lipinski definition) is 4. The van der Waals surface area contributed by atoms with E-state index in [4.69, 9.17) is 4.52 Å². The summed E-state index contributed by atoms with van der Waals surface area (Å²) in [4.78, 5) is 4.54. The van der Waals surface area contributed by atoms with Gasteiger partial charge in [-0.3, -0.25) is 0 Å². The highest BCUT2D eigenvalue weighted by Crippen LogP contribution is 2.37. The minimum Gasteiger partial charge on any atom is -0.338 e. The highest BCUT2D eigenvalue weighted by atomic mass is 16.5. The Morgan fingerprint density at radius 1 is 1.16 bits per heavy atom. The Morgan fingerprint density at radius 3 is 2.42 bits per heavy atom. The van der Waals surface area contributed by atoms with Crippen LogP contribution in [0.5, 0.6) is 0 Å². The van der Waals surface area contributed by atoms with Gasteiger partial charge in [-0.1, -0.05) is 32.9 Å². The van der Waals surface area contributed by atoms with E-state index in [9.17, 15) is 0 Å². The van der Waals surface area contributed by atoms with E-state index in [2.05, 4.69) is 43.2 Å². The van der Waals surface area contributed by atoms with E-state index >= 15 is 0 Å². The van der Waals surface area contributed by atoms with Crippen molar-refractivity contribution in [1.29, 1.82) is 0 Å². The molecule has 0 bridgehead atoms. The van der Waals surface area contributed by atoms with Crippen molar-refractivity contribution >= 4 is 0 Å². The third-order valence-corrected chi connectivity index (χ3v) is 4.23. The van der Waals surface area contributed by atoms with Gasteiger partial charge in [0.1, 0.15) is 0 Å². The topological polar surface area (TPSA) is 51.0 Å². The zero-order valence-electron chi connectivity index (χ0n) is 12.6. The van der Waals surface area contributed by atoms with Gasteiger partial charge in [0.15, 0.2) is 5.82 Å². The molecule has 0 radical (unpaired) electrons. The molecule has 1 aliphatic carbocycles. The van der Waals surface area contributed by atoms with Crippen LogP contribution in [-0.4, -0.2) is 16.2 Å². The minimum absolute atomic E-state index is 0.442. The van der Waals surface area contributed by atoms with Crippen molar-refractivity contribution in [3.63, 3.8) is 0 Å². The number of aromatic nitrogens is 2. The van der Waals surface area contributed by atoms with Crippen molar-refractivity contribution in [2.75, 3.05) is 0 Å². The van der Waals surface area contributed by atoms with Crippen LogP contribution in [0.2, 0.25) is 0 Å². The van der Waals surface area contributed by atoms with Crippen molar-refractivity contribution in [1.82, 2.24) is 15.5 Å². The van der Waals surface area contributed by atoms with Crippen LogP contribution in [0.1, 0.15) is 71.0 Å². The van der Waals surface area contributed by atoms with Crippen LogP contribution >= 0.6 is 0 Å². The van der Waals surface area contributed by atoms with Crippen molar-refractivity contribution in [3.8, 4) is 0 Å². The number of nitrogens with zero attached hydrogens (tertiary/aromatic N) is 2. The van der Waals surface area contributed by atoms with Crippen LogP contribution in [0.15, 0.2) is 4.52 Å². The van der Waals surface area contributed by atoms with Gasteiger partial charge in [0.2, 0.25) is 5.89 Å². The summed E-state index contributed by atoms with van der Waals surface area (Å²) in [7, 11) is 0. The fourth-order valence-electron chi connectivity index (χ4n) is 2.84. The lowest BCUT2D eigenvalue weighted by Gasteiger charge is -2.29. The molecule has 0 atom stereocenters. The molecule has 0 amide bonds. The molecule has 2 rings (SSSR count). The van der Waals surface area contributed by atoms with E-state index in [0.29, 0.717) is 18.5 Å². The van der Waals surface area contributed by atoms with Gasteiger partial charge < -0.3 is 9.84 Å². The zero-order chi connectivity index (χ0) is 13.8. The Bertz CT molecular complexity index is 378. The largest absolute Gasteiger partial charge is 0.338 e. The summed E-state index contributed by atoms with van der Waals surface area (Å²) in [5, 5.41) is 7.47. The van der Waals surface area contributed by atoms with Crippen LogP contribution in [0, 0.1) is 11.8 Å². The van der Waals surface area contributed by atoms with E-state index < -0.39 is 0 Å². The smallest absolute Gasteiger partial charge is 0.240 e.